The van der Waals surface area contributed by atoms with Crippen molar-refractivity contribution in [2.75, 3.05) is 0 Å². The third-order valence-electron chi connectivity index (χ3n) is 11.1. The third-order valence-corrected chi connectivity index (χ3v) is 11.6. The second-order valence-electron chi connectivity index (χ2n) is 13.2. The quantitative estimate of drug-likeness (QED) is 0.183. The molecule has 0 aromatic carbocycles. The molecular formula is C27H46NNaO5S. The molecule has 0 radical (unpaired) electrons. The van der Waals surface area contributed by atoms with Crippen LogP contribution in [0.15, 0.2) is 5.16 Å². The number of oxime groups is 1. The summed E-state index contributed by atoms with van der Waals surface area (Å²) in [5.41, 5.74) is 0.901. The molecule has 4 aliphatic carbocycles. The second-order valence-corrected chi connectivity index (χ2v) is 14.2. The van der Waals surface area contributed by atoms with Crippen molar-refractivity contribution in [3.8, 4) is 0 Å². The number of fused-ring (bicyclic) bond motifs is 5. The predicted octanol–water partition coefficient (Wildman–Crippen LogP) is 3.40. The van der Waals surface area contributed by atoms with E-state index in [4.69, 9.17) is 4.18 Å². The molecule has 4 aliphatic rings. The minimum absolute atomic E-state index is 0. The summed E-state index contributed by atoms with van der Waals surface area (Å²) >= 11 is 0. The van der Waals surface area contributed by atoms with Crippen LogP contribution in [0, 0.1) is 52.3 Å². The Morgan fingerprint density at radius 2 is 1.74 bits per heavy atom. The van der Waals surface area contributed by atoms with Crippen molar-refractivity contribution in [1.29, 1.82) is 0 Å². The molecule has 8 heteroatoms. The predicted molar refractivity (Wildman–Crippen MR) is 132 cm³/mol. The van der Waals surface area contributed by atoms with Crippen LogP contribution >= 0.6 is 0 Å². The normalized spacial score (nSPS) is 43.2. The molecule has 0 aromatic rings. The van der Waals surface area contributed by atoms with Gasteiger partial charge >= 0.3 is 29.6 Å². The third kappa shape index (κ3) is 5.85. The molecule has 9 atom stereocenters. The van der Waals surface area contributed by atoms with E-state index in [0.29, 0.717) is 42.2 Å². The van der Waals surface area contributed by atoms with Crippen LogP contribution in [0.25, 0.3) is 0 Å². The smallest absolute Gasteiger partial charge is 0.726 e. The minimum atomic E-state index is -4.79. The summed E-state index contributed by atoms with van der Waals surface area (Å²) in [5.74, 6) is 3.57. The molecule has 196 valence electrons. The van der Waals surface area contributed by atoms with Gasteiger partial charge in [0.15, 0.2) is 0 Å². The summed E-state index contributed by atoms with van der Waals surface area (Å²) in [6, 6.07) is 0. The number of hydrogen-bond donors (Lipinski definition) is 1. The maximum atomic E-state index is 11.7. The molecular weight excluding hydrogens is 473 g/mol. The summed E-state index contributed by atoms with van der Waals surface area (Å²) in [5, 5.41) is 12.9. The fraction of sp³-hybridized carbons (Fsp3) is 0.963. The van der Waals surface area contributed by atoms with Crippen LogP contribution in [0.3, 0.4) is 0 Å². The molecule has 1 unspecified atom stereocenters. The first-order valence-corrected chi connectivity index (χ1v) is 15.1. The molecule has 0 spiro atoms. The standard InChI is InChI=1S/C27H47NO5S.Na/c1-17(2)7-6-8-18(3)21-9-10-22-20-16-25(33-34(30,31)32)24-15-19(28-29)11-13-27(24,5)23(20)12-14-26(21,22)4;/h17-18,20-25,29H,6-16H2,1-5H3,(H,30,31,32);/q;+1/p-1/b28-19+;/t18-,20+,21-,22+,23+,24?,25+,26-,27-;/m1./s1. The second kappa shape index (κ2) is 11.2. The summed E-state index contributed by atoms with van der Waals surface area (Å²) < 4.78 is 40.4. The van der Waals surface area contributed by atoms with Crippen molar-refractivity contribution in [3.05, 3.63) is 0 Å². The molecule has 0 aliphatic heterocycles. The first-order valence-electron chi connectivity index (χ1n) is 13.7. The van der Waals surface area contributed by atoms with Crippen LogP contribution in [0.5, 0.6) is 0 Å². The van der Waals surface area contributed by atoms with Crippen molar-refractivity contribution in [2.24, 2.45) is 57.4 Å². The number of hydrogen-bond acceptors (Lipinski definition) is 6. The Labute approximate surface area is 235 Å². The van der Waals surface area contributed by atoms with E-state index in [1.807, 2.05) is 0 Å². The van der Waals surface area contributed by atoms with Crippen LogP contribution in [-0.4, -0.2) is 30.0 Å². The van der Waals surface area contributed by atoms with E-state index in [1.54, 1.807) is 0 Å². The van der Waals surface area contributed by atoms with Gasteiger partial charge in [-0.25, -0.2) is 8.42 Å². The van der Waals surface area contributed by atoms with E-state index in [0.717, 1.165) is 24.7 Å². The SMILES string of the molecule is CC(C)CCC[C@@H](C)[C@H]1CC[C@H]2[C@@H]3C[C@H](OS(=O)(=O)[O-])C4C/C(=N/O)CC[C@]4(C)[C@H]3CC[C@]12C.[Na+]. The molecule has 0 bridgehead atoms. The van der Waals surface area contributed by atoms with E-state index >= 15 is 0 Å². The van der Waals surface area contributed by atoms with Gasteiger partial charge in [-0.1, -0.05) is 59.0 Å². The zero-order valence-electron chi connectivity index (χ0n) is 22.8. The number of rotatable bonds is 7. The van der Waals surface area contributed by atoms with Gasteiger partial charge in [0, 0.05) is 0 Å². The average Bonchev–Trinajstić information content (AvgIpc) is 3.09. The minimum Gasteiger partial charge on any atom is -0.726 e. The Morgan fingerprint density at radius 1 is 1.06 bits per heavy atom. The van der Waals surface area contributed by atoms with Crippen molar-refractivity contribution < 1.29 is 51.9 Å². The Bertz CT molecular complexity index is 879. The van der Waals surface area contributed by atoms with E-state index in [9.17, 15) is 18.2 Å². The molecule has 0 heterocycles. The van der Waals surface area contributed by atoms with Gasteiger partial charge in [-0.3, -0.25) is 4.18 Å². The van der Waals surface area contributed by atoms with Gasteiger partial charge in [0.1, 0.15) is 0 Å². The Morgan fingerprint density at radius 3 is 2.37 bits per heavy atom. The molecule has 0 amide bonds. The fourth-order valence-electron chi connectivity index (χ4n) is 9.45. The Kier molecular flexibility index (Phi) is 9.58. The van der Waals surface area contributed by atoms with Crippen molar-refractivity contribution in [1.82, 2.24) is 0 Å². The van der Waals surface area contributed by atoms with Crippen LogP contribution in [0.1, 0.15) is 105 Å². The van der Waals surface area contributed by atoms with E-state index in [1.165, 1.54) is 44.9 Å². The molecule has 1 N–H and O–H groups in total. The van der Waals surface area contributed by atoms with E-state index < -0.39 is 16.5 Å². The summed E-state index contributed by atoms with van der Waals surface area (Å²) in [7, 11) is -4.79. The average molecular weight is 520 g/mol. The van der Waals surface area contributed by atoms with Gasteiger partial charge < -0.3 is 9.76 Å². The first kappa shape index (κ1) is 29.9. The van der Waals surface area contributed by atoms with Crippen LogP contribution < -0.4 is 29.6 Å². The number of nitrogens with zero attached hydrogens (tertiary/aromatic N) is 1. The molecule has 4 rings (SSSR count). The largest absolute Gasteiger partial charge is 1.00 e. The monoisotopic (exact) mass is 519 g/mol. The topological polar surface area (TPSA) is 99.0 Å². The van der Waals surface area contributed by atoms with Crippen molar-refractivity contribution >= 4 is 16.1 Å². The van der Waals surface area contributed by atoms with Gasteiger partial charge in [-0.05, 0) is 104 Å². The Hall–Kier alpha value is 0.340. The van der Waals surface area contributed by atoms with Crippen LogP contribution in [-0.2, 0) is 14.6 Å². The van der Waals surface area contributed by atoms with Gasteiger partial charge in [-0.2, -0.15) is 0 Å². The zero-order chi connectivity index (χ0) is 24.9. The molecule has 0 aromatic heterocycles. The van der Waals surface area contributed by atoms with Crippen molar-refractivity contribution in [3.63, 3.8) is 0 Å². The molecule has 6 nitrogen and oxygen atoms in total. The van der Waals surface area contributed by atoms with Gasteiger partial charge in [-0.15, -0.1) is 0 Å². The molecule has 35 heavy (non-hydrogen) atoms. The molecule has 0 saturated heterocycles. The molecule has 4 fully saturated rings. The summed E-state index contributed by atoms with van der Waals surface area (Å²) in [6.45, 7) is 11.9. The van der Waals surface area contributed by atoms with Gasteiger partial charge in [0.05, 0.1) is 11.8 Å². The maximum Gasteiger partial charge on any atom is 1.00 e. The fourth-order valence-corrected chi connectivity index (χ4v) is 9.96. The van der Waals surface area contributed by atoms with Crippen molar-refractivity contribution in [2.45, 2.75) is 111 Å². The maximum absolute atomic E-state index is 11.7. The first-order chi connectivity index (χ1) is 15.9. The van der Waals surface area contributed by atoms with Crippen LogP contribution in [0.2, 0.25) is 0 Å². The summed E-state index contributed by atoms with van der Waals surface area (Å²) in [6.07, 6.45) is 10.9. The van der Waals surface area contributed by atoms with E-state index in [2.05, 4.69) is 39.8 Å². The van der Waals surface area contributed by atoms with Gasteiger partial charge in [0.25, 0.3) is 0 Å². The van der Waals surface area contributed by atoms with Gasteiger partial charge in [0.2, 0.25) is 10.4 Å². The Balaban J connectivity index is 0.00000342. The summed E-state index contributed by atoms with van der Waals surface area (Å²) in [4.78, 5) is 0. The van der Waals surface area contributed by atoms with E-state index in [-0.39, 0.29) is 46.3 Å². The molecule has 4 saturated carbocycles. The zero-order valence-corrected chi connectivity index (χ0v) is 25.6. The van der Waals surface area contributed by atoms with Crippen LogP contribution in [0.4, 0.5) is 0 Å².